The van der Waals surface area contributed by atoms with Gasteiger partial charge in [0.2, 0.25) is 0 Å². The maximum Gasteiger partial charge on any atom is 0.412 e. The maximum absolute atomic E-state index is 12.9. The standard InChI is InChI=1S/C17H22N2O6/c1-10-12(9-18-5-6-23-2)16(20)11-7-14(24-3)15(25-4)8-13(11)19(10)17(21)22/h7-10,18H,5-6H2,1-4H3,(H,21,22). The van der Waals surface area contributed by atoms with E-state index in [4.69, 9.17) is 14.2 Å². The van der Waals surface area contributed by atoms with Crippen molar-refractivity contribution >= 4 is 17.6 Å². The fourth-order valence-electron chi connectivity index (χ4n) is 2.74. The first kappa shape index (κ1) is 18.6. The quantitative estimate of drug-likeness (QED) is 0.597. The Labute approximate surface area is 146 Å². The molecule has 136 valence electrons. The van der Waals surface area contributed by atoms with Gasteiger partial charge in [-0.05, 0) is 13.0 Å². The molecule has 1 aromatic carbocycles. The van der Waals surface area contributed by atoms with Crippen LogP contribution in [0, 0.1) is 0 Å². The van der Waals surface area contributed by atoms with E-state index < -0.39 is 12.1 Å². The molecular formula is C17H22N2O6. The molecule has 0 saturated carbocycles. The largest absolute Gasteiger partial charge is 0.493 e. The van der Waals surface area contributed by atoms with Crippen LogP contribution in [0.3, 0.4) is 0 Å². The number of carbonyl (C=O) groups is 2. The van der Waals surface area contributed by atoms with Crippen LogP contribution in [0.15, 0.2) is 23.9 Å². The molecule has 1 amide bonds. The molecule has 8 heteroatoms. The van der Waals surface area contributed by atoms with Gasteiger partial charge < -0.3 is 24.6 Å². The number of ether oxygens (including phenoxy) is 3. The molecule has 1 aliphatic heterocycles. The van der Waals surface area contributed by atoms with E-state index in [0.29, 0.717) is 30.2 Å². The van der Waals surface area contributed by atoms with E-state index in [-0.39, 0.29) is 17.0 Å². The summed E-state index contributed by atoms with van der Waals surface area (Å²) in [5, 5.41) is 12.6. The number of amides is 1. The molecule has 1 atom stereocenters. The summed E-state index contributed by atoms with van der Waals surface area (Å²) in [6.07, 6.45) is 0.387. The van der Waals surface area contributed by atoms with Gasteiger partial charge in [-0.1, -0.05) is 0 Å². The van der Waals surface area contributed by atoms with Crippen LogP contribution in [-0.4, -0.2) is 57.5 Å². The number of rotatable bonds is 6. The van der Waals surface area contributed by atoms with Crippen LogP contribution >= 0.6 is 0 Å². The van der Waals surface area contributed by atoms with Gasteiger partial charge in [-0.2, -0.15) is 0 Å². The molecule has 2 N–H and O–H groups in total. The zero-order valence-corrected chi connectivity index (χ0v) is 14.7. The molecule has 1 aliphatic rings. The minimum atomic E-state index is -1.16. The second-order valence-electron chi connectivity index (χ2n) is 5.43. The number of anilines is 1. The number of Topliss-reactive ketones (excluding diaryl/α,β-unsaturated/α-hetero) is 1. The van der Waals surface area contributed by atoms with E-state index in [0.717, 1.165) is 4.90 Å². The van der Waals surface area contributed by atoms with Crippen LogP contribution in [-0.2, 0) is 4.74 Å². The molecule has 2 rings (SSSR count). The average molecular weight is 350 g/mol. The smallest absolute Gasteiger partial charge is 0.412 e. The number of benzene rings is 1. The van der Waals surface area contributed by atoms with Crippen molar-refractivity contribution in [1.82, 2.24) is 5.32 Å². The Morgan fingerprint density at radius 1 is 1.28 bits per heavy atom. The van der Waals surface area contributed by atoms with Gasteiger partial charge in [0.15, 0.2) is 17.3 Å². The molecule has 0 fully saturated rings. The minimum absolute atomic E-state index is 0.248. The number of ketones is 1. The van der Waals surface area contributed by atoms with E-state index in [9.17, 15) is 14.7 Å². The van der Waals surface area contributed by atoms with Crippen LogP contribution in [0.2, 0.25) is 0 Å². The predicted octanol–water partition coefficient (Wildman–Crippen LogP) is 1.89. The highest BCUT2D eigenvalue weighted by Gasteiger charge is 2.38. The second kappa shape index (κ2) is 7.89. The lowest BCUT2D eigenvalue weighted by molar-refractivity contribution is 0.102. The summed E-state index contributed by atoms with van der Waals surface area (Å²) in [5.74, 6) is 0.463. The first-order valence-corrected chi connectivity index (χ1v) is 7.71. The molecule has 0 spiro atoms. The van der Waals surface area contributed by atoms with Gasteiger partial charge in [0, 0.05) is 31.5 Å². The summed E-state index contributed by atoms with van der Waals surface area (Å²) < 4.78 is 15.4. The Kier molecular flexibility index (Phi) is 5.87. The number of hydrogen-bond donors (Lipinski definition) is 2. The summed E-state index contributed by atoms with van der Waals surface area (Å²) in [7, 11) is 4.48. The molecule has 1 aromatic rings. The van der Waals surface area contributed by atoms with Crippen LogP contribution in [0.4, 0.5) is 10.5 Å². The lowest BCUT2D eigenvalue weighted by Gasteiger charge is -2.34. The molecule has 0 bridgehead atoms. The van der Waals surface area contributed by atoms with Gasteiger partial charge >= 0.3 is 6.09 Å². The Bertz CT molecular complexity index is 701. The van der Waals surface area contributed by atoms with Crippen molar-refractivity contribution in [3.8, 4) is 11.5 Å². The highest BCUT2D eigenvalue weighted by molar-refractivity contribution is 6.18. The predicted molar refractivity (Wildman–Crippen MR) is 91.8 cm³/mol. The summed E-state index contributed by atoms with van der Waals surface area (Å²) in [6.45, 7) is 2.64. The third-order valence-corrected chi connectivity index (χ3v) is 4.02. The van der Waals surface area contributed by atoms with Crippen molar-refractivity contribution in [2.24, 2.45) is 0 Å². The van der Waals surface area contributed by atoms with Gasteiger partial charge in [-0.15, -0.1) is 0 Å². The van der Waals surface area contributed by atoms with Gasteiger partial charge in [0.1, 0.15) is 0 Å². The SMILES string of the molecule is COCCNC=C1C(=O)c2cc(OC)c(OC)cc2N(C(=O)O)C1C. The molecule has 0 radical (unpaired) electrons. The van der Waals surface area contributed by atoms with Crippen molar-refractivity contribution in [3.63, 3.8) is 0 Å². The van der Waals surface area contributed by atoms with Crippen LogP contribution in [0.1, 0.15) is 17.3 Å². The monoisotopic (exact) mass is 350 g/mol. The van der Waals surface area contributed by atoms with Crippen LogP contribution in [0.25, 0.3) is 0 Å². The lowest BCUT2D eigenvalue weighted by Crippen LogP contribution is -2.45. The minimum Gasteiger partial charge on any atom is -0.493 e. The van der Waals surface area contributed by atoms with E-state index in [1.807, 2.05) is 0 Å². The van der Waals surface area contributed by atoms with E-state index in [1.165, 1.54) is 26.4 Å². The number of carbonyl (C=O) groups excluding carboxylic acids is 1. The Balaban J connectivity index is 2.53. The Morgan fingerprint density at radius 2 is 1.92 bits per heavy atom. The number of nitrogens with one attached hydrogen (secondary N) is 1. The van der Waals surface area contributed by atoms with Crippen molar-refractivity contribution in [2.75, 3.05) is 39.4 Å². The number of carboxylic acid groups (broad SMARTS) is 1. The molecule has 1 heterocycles. The topological polar surface area (TPSA) is 97.3 Å². The third kappa shape index (κ3) is 3.53. The van der Waals surface area contributed by atoms with E-state index >= 15 is 0 Å². The first-order valence-electron chi connectivity index (χ1n) is 7.71. The zero-order chi connectivity index (χ0) is 18.6. The summed E-state index contributed by atoms with van der Waals surface area (Å²) in [4.78, 5) is 25.8. The van der Waals surface area contributed by atoms with Gasteiger partial charge in [-0.25, -0.2) is 4.79 Å². The third-order valence-electron chi connectivity index (χ3n) is 4.02. The fourth-order valence-corrected chi connectivity index (χ4v) is 2.74. The summed E-state index contributed by atoms with van der Waals surface area (Å²) in [6, 6.07) is 2.36. The van der Waals surface area contributed by atoms with Gasteiger partial charge in [-0.3, -0.25) is 9.69 Å². The van der Waals surface area contributed by atoms with Crippen LogP contribution < -0.4 is 19.7 Å². The first-order chi connectivity index (χ1) is 12.0. The highest BCUT2D eigenvalue weighted by Crippen LogP contribution is 2.40. The molecule has 1 unspecified atom stereocenters. The summed E-state index contributed by atoms with van der Waals surface area (Å²) >= 11 is 0. The number of methoxy groups -OCH3 is 3. The van der Waals surface area contributed by atoms with Crippen molar-refractivity contribution in [1.29, 1.82) is 0 Å². The number of hydrogen-bond acceptors (Lipinski definition) is 6. The van der Waals surface area contributed by atoms with E-state index in [1.54, 1.807) is 20.2 Å². The normalized spacial score (nSPS) is 18.1. The molecule has 25 heavy (non-hydrogen) atoms. The fraction of sp³-hybridized carbons (Fsp3) is 0.412. The van der Waals surface area contributed by atoms with Crippen LogP contribution in [0.5, 0.6) is 11.5 Å². The van der Waals surface area contributed by atoms with E-state index in [2.05, 4.69) is 5.32 Å². The Hall–Kier alpha value is -2.74. The molecule has 0 aromatic heterocycles. The lowest BCUT2D eigenvalue weighted by atomic mass is 9.90. The summed E-state index contributed by atoms with van der Waals surface area (Å²) in [5.41, 5.74) is 0.868. The van der Waals surface area contributed by atoms with Crippen molar-refractivity contribution in [3.05, 3.63) is 29.5 Å². The highest BCUT2D eigenvalue weighted by atomic mass is 16.5. The zero-order valence-electron chi connectivity index (χ0n) is 14.7. The number of fused-ring (bicyclic) bond motifs is 1. The average Bonchev–Trinajstić information content (AvgIpc) is 2.59. The molecule has 8 nitrogen and oxygen atoms in total. The van der Waals surface area contributed by atoms with Crippen molar-refractivity contribution < 1.29 is 28.9 Å². The Morgan fingerprint density at radius 3 is 2.48 bits per heavy atom. The molecule has 0 saturated heterocycles. The molecule has 0 aliphatic carbocycles. The van der Waals surface area contributed by atoms with Gasteiger partial charge in [0.25, 0.3) is 0 Å². The number of nitrogens with zero attached hydrogens (tertiary/aromatic N) is 1. The maximum atomic E-state index is 12.9. The molecular weight excluding hydrogens is 328 g/mol. The second-order valence-corrected chi connectivity index (χ2v) is 5.43. The van der Waals surface area contributed by atoms with Crippen molar-refractivity contribution in [2.45, 2.75) is 13.0 Å². The van der Waals surface area contributed by atoms with Gasteiger partial charge in [0.05, 0.1) is 38.1 Å².